The van der Waals surface area contributed by atoms with Gasteiger partial charge in [0, 0.05) is 25.7 Å². The first kappa shape index (κ1) is 27.9. The van der Waals surface area contributed by atoms with Crippen molar-refractivity contribution in [3.63, 3.8) is 0 Å². The second kappa shape index (κ2) is 13.1. The van der Waals surface area contributed by atoms with E-state index in [0.29, 0.717) is 19.0 Å². The minimum absolute atomic E-state index is 0.0316. The van der Waals surface area contributed by atoms with E-state index >= 15 is 0 Å². The van der Waals surface area contributed by atoms with Crippen molar-refractivity contribution in [1.29, 1.82) is 5.26 Å². The molecule has 2 fully saturated rings. The molecule has 1 aromatic heterocycles. The molecule has 0 radical (unpaired) electrons. The number of esters is 1. The first-order valence-corrected chi connectivity index (χ1v) is 13.2. The minimum Gasteiger partial charge on any atom is -0.462 e. The number of rotatable bonds is 9. The van der Waals surface area contributed by atoms with Crippen molar-refractivity contribution >= 4 is 23.6 Å². The number of piperazine rings is 1. The van der Waals surface area contributed by atoms with Crippen molar-refractivity contribution in [2.45, 2.75) is 44.9 Å². The lowest BCUT2D eigenvalue weighted by atomic mass is 10.1. The molecule has 1 amide bonds. The summed E-state index contributed by atoms with van der Waals surface area (Å²) in [6, 6.07) is 11.3. The number of nitrogens with zero attached hydrogens (tertiary/aromatic N) is 6. The van der Waals surface area contributed by atoms with Crippen LogP contribution in [0.2, 0.25) is 0 Å². The van der Waals surface area contributed by atoms with E-state index in [2.05, 4.69) is 20.9 Å². The normalized spacial score (nSPS) is 19.4. The van der Waals surface area contributed by atoms with Gasteiger partial charge < -0.3 is 34.6 Å². The van der Waals surface area contributed by atoms with Crippen LogP contribution in [-0.2, 0) is 16.1 Å². The maximum atomic E-state index is 12.9. The van der Waals surface area contributed by atoms with E-state index in [0.717, 1.165) is 24.9 Å². The smallest absolute Gasteiger partial charge is 0.410 e. The van der Waals surface area contributed by atoms with Crippen LogP contribution in [0.5, 0.6) is 6.01 Å². The number of ether oxygens (including phenoxy) is 3. The molecule has 3 heterocycles. The van der Waals surface area contributed by atoms with Crippen molar-refractivity contribution in [3.05, 3.63) is 41.6 Å². The van der Waals surface area contributed by atoms with Gasteiger partial charge in [-0.3, -0.25) is 0 Å². The van der Waals surface area contributed by atoms with Crippen LogP contribution in [0.1, 0.15) is 42.2 Å². The van der Waals surface area contributed by atoms with Crippen LogP contribution in [0.25, 0.3) is 0 Å². The number of likely N-dealkylation sites (tertiary alicyclic amines) is 1. The topological polar surface area (TPSA) is 147 Å². The summed E-state index contributed by atoms with van der Waals surface area (Å²) in [5.74, 6) is -0.360. The number of amides is 1. The molecular formula is C27H35N7O5. The summed E-state index contributed by atoms with van der Waals surface area (Å²) < 4.78 is 16.6. The van der Waals surface area contributed by atoms with Crippen LogP contribution in [0.15, 0.2) is 30.3 Å². The van der Waals surface area contributed by atoms with E-state index in [4.69, 9.17) is 19.9 Å². The van der Waals surface area contributed by atoms with Crippen LogP contribution < -0.4 is 15.4 Å². The quantitative estimate of drug-likeness (QED) is 0.470. The van der Waals surface area contributed by atoms with Crippen LogP contribution in [-0.4, -0.2) is 90.4 Å². The molecule has 2 saturated heterocycles. The lowest BCUT2D eigenvalue weighted by molar-refractivity contribution is 0.0518. The van der Waals surface area contributed by atoms with Crippen LogP contribution >= 0.6 is 0 Å². The van der Waals surface area contributed by atoms with Gasteiger partial charge in [0.05, 0.1) is 25.1 Å². The summed E-state index contributed by atoms with van der Waals surface area (Å²) in [6.07, 6.45) is 1.68. The fourth-order valence-corrected chi connectivity index (χ4v) is 4.83. The molecule has 12 heteroatoms. The third-order valence-electron chi connectivity index (χ3n) is 7.00. The Labute approximate surface area is 228 Å². The summed E-state index contributed by atoms with van der Waals surface area (Å²) in [6.45, 7) is 4.27. The van der Waals surface area contributed by atoms with Gasteiger partial charge in [-0.1, -0.05) is 30.3 Å². The highest BCUT2D eigenvalue weighted by Crippen LogP contribution is 2.30. The Hall–Kier alpha value is -4.11. The Balaban J connectivity index is 1.52. The number of anilines is 2. The van der Waals surface area contributed by atoms with Gasteiger partial charge in [0.15, 0.2) is 11.5 Å². The van der Waals surface area contributed by atoms with Gasteiger partial charge in [0.2, 0.25) is 0 Å². The lowest BCUT2D eigenvalue weighted by Gasteiger charge is -2.40. The van der Waals surface area contributed by atoms with E-state index < -0.39 is 18.1 Å². The molecule has 0 aliphatic carbocycles. The number of carbonyl (C=O) groups is 2. The average Bonchev–Trinajstić information content (AvgIpc) is 3.36. The van der Waals surface area contributed by atoms with E-state index in [9.17, 15) is 14.9 Å². The Kier molecular flexibility index (Phi) is 9.38. The second-order valence-electron chi connectivity index (χ2n) is 9.60. The molecule has 0 saturated carbocycles. The zero-order valence-corrected chi connectivity index (χ0v) is 22.4. The molecule has 2 aromatic rings. The molecule has 2 aliphatic heterocycles. The molecule has 1 aromatic carbocycles. The van der Waals surface area contributed by atoms with Crippen molar-refractivity contribution in [1.82, 2.24) is 19.8 Å². The molecule has 39 heavy (non-hydrogen) atoms. The first-order chi connectivity index (χ1) is 18.9. The average molecular weight is 538 g/mol. The molecule has 2 unspecified atom stereocenters. The number of nitriles is 1. The van der Waals surface area contributed by atoms with Gasteiger partial charge >= 0.3 is 18.1 Å². The molecule has 2 atom stereocenters. The number of nitrogens with two attached hydrogens (primary N) is 1. The molecule has 208 valence electrons. The second-order valence-corrected chi connectivity index (χ2v) is 9.60. The predicted molar refractivity (Wildman–Crippen MR) is 143 cm³/mol. The number of hydrogen-bond acceptors (Lipinski definition) is 11. The summed E-state index contributed by atoms with van der Waals surface area (Å²) in [5.41, 5.74) is 7.25. The monoisotopic (exact) mass is 537 g/mol. The largest absolute Gasteiger partial charge is 0.462 e. The van der Waals surface area contributed by atoms with Gasteiger partial charge in [-0.25, -0.2) is 9.59 Å². The molecule has 2 aliphatic rings. The third kappa shape index (κ3) is 6.86. The highest BCUT2D eigenvalue weighted by atomic mass is 16.6. The van der Waals surface area contributed by atoms with Crippen LogP contribution in [0.3, 0.4) is 0 Å². The van der Waals surface area contributed by atoms with Crippen molar-refractivity contribution in [2.75, 3.05) is 57.1 Å². The number of carbonyl (C=O) groups excluding carboxylic acids is 2. The van der Waals surface area contributed by atoms with Gasteiger partial charge in [-0.2, -0.15) is 15.2 Å². The van der Waals surface area contributed by atoms with E-state index in [-0.39, 0.29) is 56.2 Å². The molecule has 12 nitrogen and oxygen atoms in total. The zero-order valence-electron chi connectivity index (χ0n) is 22.4. The summed E-state index contributed by atoms with van der Waals surface area (Å²) >= 11 is 0. The summed E-state index contributed by atoms with van der Waals surface area (Å²) in [7, 11) is 2.04. The predicted octanol–water partition coefficient (Wildman–Crippen LogP) is 2.45. The van der Waals surface area contributed by atoms with Gasteiger partial charge in [-0.15, -0.1) is 0 Å². The number of hydrogen-bond donors (Lipinski definition) is 1. The molecule has 0 bridgehead atoms. The van der Waals surface area contributed by atoms with Gasteiger partial charge in [0.1, 0.15) is 18.9 Å². The van der Waals surface area contributed by atoms with E-state index in [1.54, 1.807) is 11.8 Å². The molecule has 2 N–H and O–H groups in total. The van der Waals surface area contributed by atoms with Crippen molar-refractivity contribution in [2.24, 2.45) is 0 Å². The number of aromatic nitrogens is 2. The third-order valence-corrected chi connectivity index (χ3v) is 7.00. The Morgan fingerprint density at radius 1 is 1.13 bits per heavy atom. The molecular weight excluding hydrogens is 502 g/mol. The Morgan fingerprint density at radius 2 is 1.92 bits per heavy atom. The fourth-order valence-electron chi connectivity index (χ4n) is 4.83. The summed E-state index contributed by atoms with van der Waals surface area (Å²) in [5, 5.41) is 9.47. The maximum Gasteiger partial charge on any atom is 0.410 e. The van der Waals surface area contributed by atoms with Crippen molar-refractivity contribution in [3.8, 4) is 12.1 Å². The number of benzene rings is 1. The van der Waals surface area contributed by atoms with E-state index in [1.165, 1.54) is 0 Å². The fraction of sp³-hybridized carbons (Fsp3) is 0.519. The Bertz CT molecular complexity index is 1190. The zero-order chi connectivity index (χ0) is 27.8. The van der Waals surface area contributed by atoms with Crippen LogP contribution in [0, 0.1) is 11.3 Å². The standard InChI is InChI=1S/C27H35N7O5/c1-3-37-25(35)23-22(29)24(31-26(30-23)38-18-21-10-7-13-32(21)2)33-14-15-34(20(16-33)11-12-28)27(36)39-17-19-8-5-4-6-9-19/h4-6,8-9,20-21H,3,7,10-11,13-18,29H2,1-2H3. The maximum absolute atomic E-state index is 12.9. The Morgan fingerprint density at radius 3 is 2.62 bits per heavy atom. The van der Waals surface area contributed by atoms with Gasteiger partial charge in [-0.05, 0) is 38.9 Å². The highest BCUT2D eigenvalue weighted by Gasteiger charge is 2.34. The number of likely N-dealkylation sites (N-methyl/N-ethyl adjacent to an activating group) is 1. The molecule has 0 spiro atoms. The SMILES string of the molecule is CCOC(=O)c1nc(OCC2CCCN2C)nc(N2CCN(C(=O)OCc3ccccc3)C(CC#N)C2)c1N. The molecule has 4 rings (SSSR count). The van der Waals surface area contributed by atoms with Crippen molar-refractivity contribution < 1.29 is 23.8 Å². The lowest BCUT2D eigenvalue weighted by Crippen LogP contribution is -2.55. The van der Waals surface area contributed by atoms with E-state index in [1.807, 2.05) is 42.3 Å². The van der Waals surface area contributed by atoms with Gasteiger partial charge in [0.25, 0.3) is 0 Å². The van der Waals surface area contributed by atoms with Crippen LogP contribution in [0.4, 0.5) is 16.3 Å². The number of nitrogen functional groups attached to an aromatic ring is 1. The summed E-state index contributed by atoms with van der Waals surface area (Å²) in [4.78, 5) is 40.0. The highest BCUT2D eigenvalue weighted by molar-refractivity contribution is 5.95. The minimum atomic E-state index is -0.668. The first-order valence-electron chi connectivity index (χ1n) is 13.2.